The first-order valence-electron chi connectivity index (χ1n) is 8.86. The molecule has 0 amide bonds. The summed E-state index contributed by atoms with van der Waals surface area (Å²) in [7, 11) is 1.69. The van der Waals surface area contributed by atoms with Gasteiger partial charge in [0.15, 0.2) is 0 Å². The molecule has 0 bridgehead atoms. The molecular weight excluding hydrogens is 304 g/mol. The van der Waals surface area contributed by atoms with E-state index < -0.39 is 0 Å². The molecule has 1 aromatic carbocycles. The Morgan fingerprint density at radius 1 is 1.12 bits per heavy atom. The highest BCUT2D eigenvalue weighted by molar-refractivity contribution is 5.79. The van der Waals surface area contributed by atoms with Crippen LogP contribution in [0.1, 0.15) is 70.6 Å². The number of benzene rings is 1. The van der Waals surface area contributed by atoms with Gasteiger partial charge in [0.1, 0.15) is 22.8 Å². The number of carbonyl (C=O) groups is 1. The van der Waals surface area contributed by atoms with Crippen molar-refractivity contribution in [3.63, 3.8) is 0 Å². The lowest BCUT2D eigenvalue weighted by atomic mass is 9.76. The zero-order valence-electron chi connectivity index (χ0n) is 15.7. The maximum Gasteiger partial charge on any atom is 0.311 e. The molecule has 0 aliphatic carbocycles. The van der Waals surface area contributed by atoms with Crippen molar-refractivity contribution in [2.75, 3.05) is 7.11 Å². The number of methoxy groups -OCH3 is 1. The fraction of sp³-hybridized carbons (Fsp3) is 0.650. The number of ether oxygens (including phenoxy) is 3. The number of rotatable bonds is 3. The Morgan fingerprint density at radius 3 is 2.42 bits per heavy atom. The summed E-state index contributed by atoms with van der Waals surface area (Å²) in [4.78, 5) is 12.0. The lowest BCUT2D eigenvalue weighted by Crippen LogP contribution is -2.36. The molecule has 0 unspecified atom stereocenters. The summed E-state index contributed by atoms with van der Waals surface area (Å²) in [5.41, 5.74) is 2.80. The van der Waals surface area contributed by atoms with Gasteiger partial charge in [-0.2, -0.15) is 0 Å². The van der Waals surface area contributed by atoms with Crippen LogP contribution in [0.15, 0.2) is 0 Å². The van der Waals surface area contributed by atoms with Crippen molar-refractivity contribution in [3.05, 3.63) is 16.7 Å². The summed E-state index contributed by atoms with van der Waals surface area (Å²) in [6.07, 6.45) is 3.86. The van der Waals surface area contributed by atoms with Crippen molar-refractivity contribution in [3.8, 4) is 17.2 Å². The largest absolute Gasteiger partial charge is 0.496 e. The van der Waals surface area contributed by atoms with Gasteiger partial charge in [-0.1, -0.05) is 20.8 Å². The lowest BCUT2D eigenvalue weighted by molar-refractivity contribution is -0.135. The Morgan fingerprint density at radius 2 is 1.79 bits per heavy atom. The predicted octanol–water partition coefficient (Wildman–Crippen LogP) is 4.34. The van der Waals surface area contributed by atoms with Gasteiger partial charge in [-0.05, 0) is 44.9 Å². The van der Waals surface area contributed by atoms with E-state index in [4.69, 9.17) is 14.2 Å². The van der Waals surface area contributed by atoms with Crippen LogP contribution in [0.2, 0.25) is 0 Å². The summed E-state index contributed by atoms with van der Waals surface area (Å²) in [5, 5.41) is 0. The highest BCUT2D eigenvalue weighted by atomic mass is 16.5. The van der Waals surface area contributed by atoms with Gasteiger partial charge in [0.05, 0.1) is 13.5 Å². The summed E-state index contributed by atoms with van der Waals surface area (Å²) in [6.45, 7) is 10.7. The zero-order valence-corrected chi connectivity index (χ0v) is 15.7. The lowest BCUT2D eigenvalue weighted by Gasteiger charge is -2.40. The zero-order chi connectivity index (χ0) is 17.7. The van der Waals surface area contributed by atoms with Gasteiger partial charge in [0.25, 0.3) is 0 Å². The van der Waals surface area contributed by atoms with Crippen molar-refractivity contribution >= 4 is 5.97 Å². The molecule has 0 spiro atoms. The van der Waals surface area contributed by atoms with Gasteiger partial charge in [0.2, 0.25) is 0 Å². The molecule has 2 heterocycles. The monoisotopic (exact) mass is 332 g/mol. The van der Waals surface area contributed by atoms with Crippen molar-refractivity contribution in [2.24, 2.45) is 0 Å². The Labute approximate surface area is 144 Å². The molecule has 24 heavy (non-hydrogen) atoms. The maximum atomic E-state index is 12.0. The average molecular weight is 332 g/mol. The van der Waals surface area contributed by atoms with Gasteiger partial charge in [-0.25, -0.2) is 0 Å². The molecule has 2 aliphatic heterocycles. The smallest absolute Gasteiger partial charge is 0.311 e. The molecule has 4 heteroatoms. The molecule has 2 aliphatic rings. The normalized spacial score (nSPS) is 19.0. The first-order valence-corrected chi connectivity index (χ1v) is 8.86. The Bertz CT molecular complexity index is 686. The molecule has 3 rings (SSSR count). The molecule has 0 N–H and O–H groups in total. The molecule has 0 saturated carbocycles. The van der Waals surface area contributed by atoms with E-state index >= 15 is 0 Å². The van der Waals surface area contributed by atoms with Crippen LogP contribution in [-0.4, -0.2) is 18.7 Å². The number of hydrogen-bond donors (Lipinski definition) is 0. The summed E-state index contributed by atoms with van der Waals surface area (Å²) >= 11 is 0. The predicted molar refractivity (Wildman–Crippen MR) is 93.3 cm³/mol. The molecule has 132 valence electrons. The van der Waals surface area contributed by atoms with E-state index in [0.717, 1.165) is 47.5 Å². The van der Waals surface area contributed by atoms with Crippen molar-refractivity contribution in [1.29, 1.82) is 0 Å². The van der Waals surface area contributed by atoms with E-state index in [1.807, 2.05) is 0 Å². The Kier molecular flexibility index (Phi) is 4.05. The number of hydrogen-bond acceptors (Lipinski definition) is 4. The fourth-order valence-electron chi connectivity index (χ4n) is 3.66. The Balaban J connectivity index is 2.35. The summed E-state index contributed by atoms with van der Waals surface area (Å²) in [6, 6.07) is 0. The third-order valence-corrected chi connectivity index (χ3v) is 5.47. The van der Waals surface area contributed by atoms with E-state index in [2.05, 4.69) is 34.6 Å². The van der Waals surface area contributed by atoms with Gasteiger partial charge in [-0.15, -0.1) is 0 Å². The minimum atomic E-state index is -0.233. The summed E-state index contributed by atoms with van der Waals surface area (Å²) in [5.74, 6) is 2.21. The van der Waals surface area contributed by atoms with Crippen LogP contribution in [0.25, 0.3) is 0 Å². The van der Waals surface area contributed by atoms with Gasteiger partial charge in [0, 0.05) is 16.7 Å². The number of fused-ring (bicyclic) bond motifs is 2. The van der Waals surface area contributed by atoms with Crippen LogP contribution in [0, 0.1) is 0 Å². The minimum absolute atomic E-state index is 0.147. The quantitative estimate of drug-likeness (QED) is 0.610. The first kappa shape index (κ1) is 17.1. The molecule has 0 fully saturated rings. The molecule has 0 atom stereocenters. The fourth-order valence-corrected chi connectivity index (χ4v) is 3.66. The minimum Gasteiger partial charge on any atom is -0.496 e. The van der Waals surface area contributed by atoms with E-state index in [0.29, 0.717) is 18.6 Å². The molecule has 0 saturated heterocycles. The van der Waals surface area contributed by atoms with Crippen LogP contribution in [0.5, 0.6) is 17.2 Å². The van der Waals surface area contributed by atoms with Crippen LogP contribution >= 0.6 is 0 Å². The molecule has 0 aromatic heterocycles. The molecular formula is C20H28O4. The number of carbonyl (C=O) groups excluding carboxylic acids is 1. The topological polar surface area (TPSA) is 44.8 Å². The van der Waals surface area contributed by atoms with Crippen LogP contribution < -0.4 is 14.2 Å². The highest BCUT2D eigenvalue weighted by Crippen LogP contribution is 2.54. The van der Waals surface area contributed by atoms with Crippen LogP contribution in [0.3, 0.4) is 0 Å². The molecule has 4 nitrogen and oxygen atoms in total. The van der Waals surface area contributed by atoms with Gasteiger partial charge < -0.3 is 14.2 Å². The second-order valence-corrected chi connectivity index (χ2v) is 8.10. The maximum absolute atomic E-state index is 12.0. The van der Waals surface area contributed by atoms with E-state index in [1.54, 1.807) is 7.11 Å². The third-order valence-electron chi connectivity index (χ3n) is 5.47. The van der Waals surface area contributed by atoms with E-state index in [9.17, 15) is 4.79 Å². The number of esters is 1. The highest BCUT2D eigenvalue weighted by Gasteiger charge is 2.40. The van der Waals surface area contributed by atoms with Gasteiger partial charge in [-0.3, -0.25) is 4.79 Å². The first-order chi connectivity index (χ1) is 11.2. The summed E-state index contributed by atoms with van der Waals surface area (Å²) < 4.78 is 17.9. The second-order valence-electron chi connectivity index (χ2n) is 8.10. The van der Waals surface area contributed by atoms with Crippen molar-refractivity contribution in [2.45, 2.75) is 77.7 Å². The third kappa shape index (κ3) is 2.66. The second kappa shape index (κ2) is 5.68. The van der Waals surface area contributed by atoms with Crippen molar-refractivity contribution in [1.82, 2.24) is 0 Å². The van der Waals surface area contributed by atoms with Crippen LogP contribution in [0.4, 0.5) is 0 Å². The van der Waals surface area contributed by atoms with E-state index in [1.165, 1.54) is 0 Å². The Hall–Kier alpha value is -1.71. The van der Waals surface area contributed by atoms with Crippen LogP contribution in [-0.2, 0) is 23.1 Å². The van der Waals surface area contributed by atoms with Gasteiger partial charge >= 0.3 is 5.97 Å². The molecule has 0 radical (unpaired) electrons. The van der Waals surface area contributed by atoms with E-state index in [-0.39, 0.29) is 17.0 Å². The standard InChI is InChI=1S/C20H28O4/c1-7-19(2,3)15-17-12(8-9-14(21)23-17)16(22-6)13-10-11-20(4,5)24-18(13)15/h7-11H2,1-6H3. The SMILES string of the molecule is CCC(C)(C)c1c2c(c(OC)c3c1OC(C)(C)CC3)CCC(=O)O2. The van der Waals surface area contributed by atoms with Crippen molar-refractivity contribution < 1.29 is 19.0 Å². The average Bonchev–Trinajstić information content (AvgIpc) is 2.51. The molecule has 1 aromatic rings.